The molecular weight excluding hydrogens is 295 g/mol. The molecule has 0 bridgehead atoms. The molecule has 1 aromatic rings. The summed E-state index contributed by atoms with van der Waals surface area (Å²) in [5.74, 6) is -0.0570. The molecule has 0 aliphatic heterocycles. The minimum absolute atomic E-state index is 0.224. The Balaban J connectivity index is 2.21. The number of carbonyl (C=O) groups excluding carboxylic acids is 1. The number of benzene rings is 1. The molecule has 1 aliphatic carbocycles. The molecule has 18 heavy (non-hydrogen) atoms. The van der Waals surface area contributed by atoms with Crippen LogP contribution in [-0.4, -0.2) is 11.4 Å². The molecule has 3 nitrogen and oxygen atoms in total. The average Bonchev–Trinajstić information content (AvgIpc) is 3.06. The topological polar surface area (TPSA) is 55.1 Å². The Hall–Kier alpha value is -0.480. The Labute approximate surface area is 121 Å². The summed E-state index contributed by atoms with van der Waals surface area (Å²) in [6.45, 7) is 1.72. The first-order valence-electron chi connectivity index (χ1n) is 5.57. The molecule has 0 saturated heterocycles. The highest BCUT2D eigenvalue weighted by molar-refractivity contribution is 6.42. The smallest absolute Gasteiger partial charge is 0.244 e. The molecule has 0 aromatic heterocycles. The molecule has 1 unspecified atom stereocenters. The number of hydrogen-bond donors (Lipinski definition) is 2. The molecule has 0 heterocycles. The van der Waals surface area contributed by atoms with Gasteiger partial charge in [-0.2, -0.15) is 0 Å². The Morgan fingerprint density at radius 1 is 1.33 bits per heavy atom. The summed E-state index contributed by atoms with van der Waals surface area (Å²) < 4.78 is 0. The highest BCUT2D eigenvalue weighted by atomic mass is 35.5. The van der Waals surface area contributed by atoms with Crippen molar-refractivity contribution in [1.29, 1.82) is 0 Å². The standard InChI is InChI=1S/C12H13Cl3N2O/c1-12(16,6-2-3-6)11(18)17-10-8(14)4-7(13)5-9(10)15/h4-6H,2-3,16H2,1H3,(H,17,18). The SMILES string of the molecule is CC(N)(C(=O)Nc1c(Cl)cc(Cl)cc1Cl)C1CC1. The van der Waals surface area contributed by atoms with Crippen molar-refractivity contribution in [2.45, 2.75) is 25.3 Å². The number of amides is 1. The molecule has 0 radical (unpaired) electrons. The molecule has 3 N–H and O–H groups in total. The van der Waals surface area contributed by atoms with Crippen molar-refractivity contribution >= 4 is 46.4 Å². The number of anilines is 1. The van der Waals surface area contributed by atoms with E-state index in [0.717, 1.165) is 12.8 Å². The Morgan fingerprint density at radius 2 is 1.83 bits per heavy atom. The van der Waals surface area contributed by atoms with Crippen molar-refractivity contribution in [1.82, 2.24) is 0 Å². The minimum Gasteiger partial charge on any atom is -0.322 e. The van der Waals surface area contributed by atoms with Crippen molar-refractivity contribution < 1.29 is 4.79 Å². The largest absolute Gasteiger partial charge is 0.322 e. The van der Waals surface area contributed by atoms with Crippen LogP contribution in [0.15, 0.2) is 12.1 Å². The third kappa shape index (κ3) is 2.75. The van der Waals surface area contributed by atoms with E-state index in [-0.39, 0.29) is 11.8 Å². The summed E-state index contributed by atoms with van der Waals surface area (Å²) in [5, 5.41) is 3.70. The van der Waals surface area contributed by atoms with E-state index >= 15 is 0 Å². The molecule has 6 heteroatoms. The molecule has 1 fully saturated rings. The predicted molar refractivity (Wildman–Crippen MR) is 75.4 cm³/mol. The van der Waals surface area contributed by atoms with Gasteiger partial charge in [0.25, 0.3) is 0 Å². The first kappa shape index (κ1) is 13.9. The van der Waals surface area contributed by atoms with E-state index in [9.17, 15) is 4.79 Å². The molecule has 1 saturated carbocycles. The maximum atomic E-state index is 12.1. The second-order valence-electron chi connectivity index (χ2n) is 4.76. The van der Waals surface area contributed by atoms with Gasteiger partial charge in [-0.05, 0) is 37.8 Å². The lowest BCUT2D eigenvalue weighted by Gasteiger charge is -2.23. The number of halogens is 3. The molecule has 0 spiro atoms. The summed E-state index contributed by atoms with van der Waals surface area (Å²) in [5.41, 5.74) is 5.47. The van der Waals surface area contributed by atoms with Gasteiger partial charge in [-0.3, -0.25) is 4.79 Å². The molecule has 1 aromatic carbocycles. The Morgan fingerprint density at radius 3 is 2.28 bits per heavy atom. The fourth-order valence-corrected chi connectivity index (χ4v) is 2.69. The quantitative estimate of drug-likeness (QED) is 0.894. The number of nitrogens with one attached hydrogen (secondary N) is 1. The highest BCUT2D eigenvalue weighted by Gasteiger charge is 2.44. The monoisotopic (exact) mass is 306 g/mol. The van der Waals surface area contributed by atoms with Gasteiger partial charge in [-0.25, -0.2) is 0 Å². The van der Waals surface area contributed by atoms with E-state index in [1.165, 1.54) is 12.1 Å². The number of nitrogens with two attached hydrogens (primary N) is 1. The fourth-order valence-electron chi connectivity index (χ4n) is 1.78. The maximum Gasteiger partial charge on any atom is 0.244 e. The number of carbonyl (C=O) groups is 1. The van der Waals surface area contributed by atoms with Gasteiger partial charge < -0.3 is 11.1 Å². The third-order valence-corrected chi connectivity index (χ3v) is 3.97. The molecule has 1 amide bonds. The Kier molecular flexibility index (Phi) is 3.79. The summed E-state index contributed by atoms with van der Waals surface area (Å²) in [6, 6.07) is 3.05. The van der Waals surface area contributed by atoms with Crippen LogP contribution in [0.5, 0.6) is 0 Å². The van der Waals surface area contributed by atoms with E-state index in [2.05, 4.69) is 5.32 Å². The van der Waals surface area contributed by atoms with Crippen LogP contribution in [0.25, 0.3) is 0 Å². The van der Waals surface area contributed by atoms with E-state index in [1.807, 2.05) is 0 Å². The number of rotatable bonds is 3. The van der Waals surface area contributed by atoms with E-state index in [4.69, 9.17) is 40.5 Å². The van der Waals surface area contributed by atoms with Gasteiger partial charge in [-0.15, -0.1) is 0 Å². The van der Waals surface area contributed by atoms with Gasteiger partial charge >= 0.3 is 0 Å². The van der Waals surface area contributed by atoms with Gasteiger partial charge in [-0.1, -0.05) is 34.8 Å². The second kappa shape index (κ2) is 4.89. The predicted octanol–water partition coefficient (Wildman–Crippen LogP) is 3.71. The van der Waals surface area contributed by atoms with Gasteiger partial charge in [0.05, 0.1) is 21.3 Å². The molecule has 1 aliphatic rings. The van der Waals surface area contributed by atoms with Gasteiger partial charge in [0, 0.05) is 5.02 Å². The summed E-state index contributed by atoms with van der Waals surface area (Å²) in [6.07, 6.45) is 1.95. The van der Waals surface area contributed by atoms with Crippen molar-refractivity contribution in [3.05, 3.63) is 27.2 Å². The van der Waals surface area contributed by atoms with Crippen LogP contribution >= 0.6 is 34.8 Å². The van der Waals surface area contributed by atoms with Crippen molar-refractivity contribution in [3.63, 3.8) is 0 Å². The van der Waals surface area contributed by atoms with Gasteiger partial charge in [0.2, 0.25) is 5.91 Å². The van der Waals surface area contributed by atoms with Crippen LogP contribution in [0.3, 0.4) is 0 Å². The van der Waals surface area contributed by atoms with Gasteiger partial charge in [0.1, 0.15) is 0 Å². The van der Waals surface area contributed by atoms with Crippen LogP contribution in [-0.2, 0) is 4.79 Å². The van der Waals surface area contributed by atoms with E-state index in [1.54, 1.807) is 6.92 Å². The Bertz CT molecular complexity index is 475. The van der Waals surface area contributed by atoms with Crippen LogP contribution in [0.4, 0.5) is 5.69 Å². The van der Waals surface area contributed by atoms with E-state index in [0.29, 0.717) is 20.8 Å². The zero-order valence-corrected chi connectivity index (χ0v) is 12.0. The van der Waals surface area contributed by atoms with Crippen LogP contribution < -0.4 is 11.1 Å². The highest BCUT2D eigenvalue weighted by Crippen LogP contribution is 2.40. The zero-order valence-electron chi connectivity index (χ0n) is 9.77. The molecule has 98 valence electrons. The fraction of sp³-hybridized carbons (Fsp3) is 0.417. The van der Waals surface area contributed by atoms with Crippen LogP contribution in [0, 0.1) is 5.92 Å². The molecular formula is C12H13Cl3N2O. The van der Waals surface area contributed by atoms with Gasteiger partial charge in [0.15, 0.2) is 0 Å². The van der Waals surface area contributed by atoms with E-state index < -0.39 is 5.54 Å². The van der Waals surface area contributed by atoms with Crippen molar-refractivity contribution in [2.75, 3.05) is 5.32 Å². The first-order valence-corrected chi connectivity index (χ1v) is 6.70. The first-order chi connectivity index (χ1) is 8.32. The summed E-state index contributed by atoms with van der Waals surface area (Å²) in [7, 11) is 0. The van der Waals surface area contributed by atoms with Crippen molar-refractivity contribution in [2.24, 2.45) is 11.7 Å². The lowest BCUT2D eigenvalue weighted by atomic mass is 9.96. The molecule has 1 atom stereocenters. The normalized spacial score (nSPS) is 18.3. The lowest BCUT2D eigenvalue weighted by molar-refractivity contribution is -0.121. The lowest BCUT2D eigenvalue weighted by Crippen LogP contribution is -2.50. The molecule has 2 rings (SSSR count). The van der Waals surface area contributed by atoms with Crippen LogP contribution in [0.1, 0.15) is 19.8 Å². The average molecular weight is 308 g/mol. The van der Waals surface area contributed by atoms with Crippen molar-refractivity contribution in [3.8, 4) is 0 Å². The van der Waals surface area contributed by atoms with Crippen LogP contribution in [0.2, 0.25) is 15.1 Å². The third-order valence-electron chi connectivity index (χ3n) is 3.16. The maximum absolute atomic E-state index is 12.1. The summed E-state index contributed by atoms with van der Waals surface area (Å²) >= 11 is 17.8. The zero-order chi connectivity index (χ0) is 13.5. The second-order valence-corrected chi connectivity index (χ2v) is 6.01. The minimum atomic E-state index is -0.897. The summed E-state index contributed by atoms with van der Waals surface area (Å²) in [4.78, 5) is 12.1. The number of hydrogen-bond acceptors (Lipinski definition) is 2.